The molecule has 0 atom stereocenters. The summed E-state index contributed by atoms with van der Waals surface area (Å²) in [4.78, 5) is 27.0. The second-order valence-corrected chi connectivity index (χ2v) is 7.07. The Bertz CT molecular complexity index is 934. The lowest BCUT2D eigenvalue weighted by Crippen LogP contribution is -2.21. The highest BCUT2D eigenvalue weighted by Gasteiger charge is 2.20. The minimum Gasteiger partial charge on any atom is -0.455 e. The summed E-state index contributed by atoms with van der Waals surface area (Å²) in [5.74, 6) is -0.723. The zero-order valence-corrected chi connectivity index (χ0v) is 15.0. The number of aromatic nitrogens is 2. The van der Waals surface area contributed by atoms with Crippen LogP contribution in [0.2, 0.25) is 0 Å². The molecule has 3 aromatic rings. The van der Waals surface area contributed by atoms with E-state index in [-0.39, 0.29) is 24.3 Å². The van der Waals surface area contributed by atoms with Gasteiger partial charge in [0.1, 0.15) is 0 Å². The van der Waals surface area contributed by atoms with E-state index in [2.05, 4.69) is 15.5 Å². The molecule has 136 valence electrons. The van der Waals surface area contributed by atoms with Crippen LogP contribution in [0.1, 0.15) is 32.0 Å². The van der Waals surface area contributed by atoms with Crippen molar-refractivity contribution < 1.29 is 18.8 Å². The minimum atomic E-state index is -0.478. The molecule has 0 fully saturated rings. The van der Waals surface area contributed by atoms with Gasteiger partial charge >= 0.3 is 5.97 Å². The van der Waals surface area contributed by atoms with E-state index in [0.717, 1.165) is 22.2 Å². The van der Waals surface area contributed by atoms with Gasteiger partial charge in [0.25, 0.3) is 5.91 Å². The van der Waals surface area contributed by atoms with Gasteiger partial charge in [-0.3, -0.25) is 14.9 Å². The van der Waals surface area contributed by atoms with Crippen LogP contribution in [0.25, 0.3) is 10.9 Å². The molecule has 1 aromatic carbocycles. The Kier molecular flexibility index (Phi) is 4.79. The van der Waals surface area contributed by atoms with Crippen LogP contribution in [0.4, 0.5) is 5.88 Å². The second kappa shape index (κ2) is 7.03. The zero-order valence-electron chi connectivity index (χ0n) is 15.0. The predicted octanol–water partition coefficient (Wildman–Crippen LogP) is 3.18. The summed E-state index contributed by atoms with van der Waals surface area (Å²) in [5.41, 5.74) is 2.33. The Hall–Kier alpha value is -3.09. The molecule has 7 heteroatoms. The SMILES string of the molecule is CC(C)(C)c1cc(NC(=O)COC(=O)Cc2c[nH]c3ccccc23)on1. The zero-order chi connectivity index (χ0) is 18.7. The van der Waals surface area contributed by atoms with E-state index < -0.39 is 11.9 Å². The summed E-state index contributed by atoms with van der Waals surface area (Å²) in [6.07, 6.45) is 1.86. The fourth-order valence-electron chi connectivity index (χ4n) is 2.49. The monoisotopic (exact) mass is 355 g/mol. The first-order chi connectivity index (χ1) is 12.3. The quantitative estimate of drug-likeness (QED) is 0.685. The van der Waals surface area contributed by atoms with Gasteiger partial charge < -0.3 is 14.2 Å². The van der Waals surface area contributed by atoms with Crippen molar-refractivity contribution in [1.29, 1.82) is 0 Å². The molecule has 0 saturated carbocycles. The van der Waals surface area contributed by atoms with Crippen LogP contribution in [-0.4, -0.2) is 28.6 Å². The van der Waals surface area contributed by atoms with Crippen molar-refractivity contribution in [3.63, 3.8) is 0 Å². The highest BCUT2D eigenvalue weighted by Crippen LogP contribution is 2.23. The number of hydrogen-bond acceptors (Lipinski definition) is 5. The Morgan fingerprint density at radius 2 is 2.04 bits per heavy atom. The number of esters is 1. The van der Waals surface area contributed by atoms with E-state index in [1.165, 1.54) is 0 Å². The molecule has 7 nitrogen and oxygen atoms in total. The van der Waals surface area contributed by atoms with Gasteiger partial charge in [0, 0.05) is 28.6 Å². The molecule has 0 unspecified atom stereocenters. The molecule has 3 rings (SSSR count). The largest absolute Gasteiger partial charge is 0.455 e. The molecule has 0 aliphatic heterocycles. The summed E-state index contributed by atoms with van der Waals surface area (Å²) in [6, 6.07) is 9.34. The number of anilines is 1. The standard InChI is InChI=1S/C19H21N3O4/c1-19(2,3)15-9-17(26-22-15)21-16(23)11-25-18(24)8-12-10-20-14-7-5-4-6-13(12)14/h4-7,9-10,20H,8,11H2,1-3H3,(H,21,23). The van der Waals surface area contributed by atoms with Crippen molar-refractivity contribution in [2.45, 2.75) is 32.6 Å². The summed E-state index contributed by atoms with van der Waals surface area (Å²) in [7, 11) is 0. The highest BCUT2D eigenvalue weighted by atomic mass is 16.5. The van der Waals surface area contributed by atoms with Gasteiger partial charge in [-0.05, 0) is 11.6 Å². The van der Waals surface area contributed by atoms with Crippen LogP contribution in [0.3, 0.4) is 0 Å². The number of aromatic amines is 1. The van der Waals surface area contributed by atoms with Gasteiger partial charge in [-0.25, -0.2) is 0 Å². The lowest BCUT2D eigenvalue weighted by Gasteiger charge is -2.12. The second-order valence-electron chi connectivity index (χ2n) is 7.07. The molecule has 0 aliphatic carbocycles. The van der Waals surface area contributed by atoms with Crippen molar-refractivity contribution in [3.05, 3.63) is 47.8 Å². The average molecular weight is 355 g/mol. The Morgan fingerprint density at radius 1 is 1.27 bits per heavy atom. The Labute approximate surface area is 150 Å². The number of amides is 1. The fourth-order valence-corrected chi connectivity index (χ4v) is 2.49. The third-order valence-electron chi connectivity index (χ3n) is 3.92. The molecular formula is C19H21N3O4. The maximum absolute atomic E-state index is 12.0. The first kappa shape index (κ1) is 17.7. The molecule has 26 heavy (non-hydrogen) atoms. The lowest BCUT2D eigenvalue weighted by molar-refractivity contribution is -0.146. The highest BCUT2D eigenvalue weighted by molar-refractivity contribution is 5.92. The van der Waals surface area contributed by atoms with Crippen LogP contribution >= 0.6 is 0 Å². The smallest absolute Gasteiger partial charge is 0.310 e. The first-order valence-corrected chi connectivity index (χ1v) is 8.30. The number of carbonyl (C=O) groups excluding carboxylic acids is 2. The number of H-pyrrole nitrogens is 1. The number of hydrogen-bond donors (Lipinski definition) is 2. The maximum Gasteiger partial charge on any atom is 0.310 e. The van der Waals surface area contributed by atoms with E-state index in [9.17, 15) is 9.59 Å². The van der Waals surface area contributed by atoms with Crippen molar-refractivity contribution >= 4 is 28.7 Å². The van der Waals surface area contributed by atoms with Crippen molar-refractivity contribution in [3.8, 4) is 0 Å². The van der Waals surface area contributed by atoms with E-state index in [0.29, 0.717) is 0 Å². The van der Waals surface area contributed by atoms with Crippen molar-refractivity contribution in [2.24, 2.45) is 0 Å². The number of ether oxygens (including phenoxy) is 1. The van der Waals surface area contributed by atoms with Crippen LogP contribution in [0.15, 0.2) is 41.1 Å². The molecule has 0 radical (unpaired) electrons. The normalized spacial score (nSPS) is 11.5. The van der Waals surface area contributed by atoms with Gasteiger partial charge in [0.15, 0.2) is 6.61 Å². The molecule has 2 N–H and O–H groups in total. The lowest BCUT2D eigenvalue weighted by atomic mass is 9.92. The van der Waals surface area contributed by atoms with E-state index in [1.807, 2.05) is 45.0 Å². The topological polar surface area (TPSA) is 97.2 Å². The van der Waals surface area contributed by atoms with Crippen LogP contribution in [0, 0.1) is 0 Å². The number of benzene rings is 1. The maximum atomic E-state index is 12.0. The Morgan fingerprint density at radius 3 is 2.77 bits per heavy atom. The van der Waals surface area contributed by atoms with Gasteiger partial charge in [0.05, 0.1) is 12.1 Å². The number of carbonyl (C=O) groups is 2. The van der Waals surface area contributed by atoms with Gasteiger partial charge in [-0.2, -0.15) is 0 Å². The van der Waals surface area contributed by atoms with Gasteiger partial charge in [-0.1, -0.05) is 44.1 Å². The van der Waals surface area contributed by atoms with Crippen LogP contribution < -0.4 is 5.32 Å². The van der Waals surface area contributed by atoms with E-state index >= 15 is 0 Å². The molecule has 1 amide bonds. The van der Waals surface area contributed by atoms with Crippen LogP contribution in [0.5, 0.6) is 0 Å². The number of nitrogens with one attached hydrogen (secondary N) is 2. The summed E-state index contributed by atoms with van der Waals surface area (Å²) >= 11 is 0. The van der Waals surface area contributed by atoms with Crippen LogP contribution in [-0.2, 0) is 26.2 Å². The summed E-state index contributed by atoms with van der Waals surface area (Å²) in [6.45, 7) is 5.58. The predicted molar refractivity (Wildman–Crippen MR) is 96.8 cm³/mol. The molecule has 0 bridgehead atoms. The molecule has 0 spiro atoms. The Balaban J connectivity index is 1.51. The minimum absolute atomic E-state index is 0.0910. The molecule has 2 aromatic heterocycles. The number of nitrogens with zero attached hydrogens (tertiary/aromatic N) is 1. The third-order valence-corrected chi connectivity index (χ3v) is 3.92. The molecule has 0 saturated heterocycles. The van der Waals surface area contributed by atoms with Crippen molar-refractivity contribution in [1.82, 2.24) is 10.1 Å². The van der Waals surface area contributed by atoms with Gasteiger partial charge in [0.2, 0.25) is 5.88 Å². The van der Waals surface area contributed by atoms with E-state index in [1.54, 1.807) is 12.3 Å². The van der Waals surface area contributed by atoms with Crippen molar-refractivity contribution in [2.75, 3.05) is 11.9 Å². The molecule has 2 heterocycles. The fraction of sp³-hybridized carbons (Fsp3) is 0.316. The third kappa shape index (κ3) is 4.11. The summed E-state index contributed by atoms with van der Waals surface area (Å²) in [5, 5.41) is 7.40. The number of rotatable bonds is 5. The van der Waals surface area contributed by atoms with Gasteiger partial charge in [-0.15, -0.1) is 0 Å². The average Bonchev–Trinajstić information content (AvgIpc) is 3.20. The molecule has 0 aliphatic rings. The number of fused-ring (bicyclic) bond motifs is 1. The molecular weight excluding hydrogens is 334 g/mol. The number of para-hydroxylation sites is 1. The first-order valence-electron chi connectivity index (χ1n) is 8.30. The van der Waals surface area contributed by atoms with E-state index in [4.69, 9.17) is 9.26 Å². The summed E-state index contributed by atoms with van der Waals surface area (Å²) < 4.78 is 10.1.